The number of rotatable bonds is 6. The van der Waals surface area contributed by atoms with Crippen LogP contribution >= 0.6 is 0 Å². The number of alkyl halides is 12. The van der Waals surface area contributed by atoms with Gasteiger partial charge in [-0.2, -0.15) is 52.7 Å². The molecule has 0 radical (unpaired) electrons. The van der Waals surface area contributed by atoms with Crippen molar-refractivity contribution in [2.45, 2.75) is 120 Å². The highest BCUT2D eigenvalue weighted by Crippen LogP contribution is 2.73. The Labute approximate surface area is 262 Å². The summed E-state index contributed by atoms with van der Waals surface area (Å²) < 4.78 is 191. The predicted molar refractivity (Wildman–Crippen MR) is 137 cm³/mol. The molecule has 16 heteroatoms. The number of hydrogen-bond donors (Lipinski definition) is 0. The summed E-state index contributed by atoms with van der Waals surface area (Å²) in [5.74, 6) is -11.3. The first-order chi connectivity index (χ1) is 21.4. The van der Waals surface area contributed by atoms with E-state index in [2.05, 4.69) is 0 Å². The van der Waals surface area contributed by atoms with Crippen LogP contribution in [0.25, 0.3) is 0 Å². The van der Waals surface area contributed by atoms with Crippen molar-refractivity contribution in [1.29, 1.82) is 0 Å². The van der Waals surface area contributed by atoms with Crippen LogP contribution in [0.1, 0.15) is 84.5 Å². The van der Waals surface area contributed by atoms with E-state index in [9.17, 15) is 9.59 Å². The van der Waals surface area contributed by atoms with Crippen LogP contribution < -0.4 is 0 Å². The van der Waals surface area contributed by atoms with E-state index in [0.717, 1.165) is 6.92 Å². The molecule has 0 spiro atoms. The van der Waals surface area contributed by atoms with Gasteiger partial charge in [-0.05, 0) is 125 Å². The smallest absolute Gasteiger partial charge is 0.415 e. The van der Waals surface area contributed by atoms with Gasteiger partial charge < -0.3 is 9.47 Å². The second-order valence-corrected chi connectivity index (χ2v) is 15.4. The Morgan fingerprint density at radius 2 is 0.787 bits per heavy atom. The summed E-state index contributed by atoms with van der Waals surface area (Å²) in [5, 5.41) is 0. The Balaban J connectivity index is 1.54. The number of carbonyl (C=O) groups is 2. The number of ether oxygens (including phenoxy) is 2. The number of carbonyl (C=O) groups excluding carboxylic acids is 2. The quantitative estimate of drug-likeness (QED) is 0.205. The van der Waals surface area contributed by atoms with Gasteiger partial charge in [0.2, 0.25) is 0 Å². The molecule has 0 aromatic heterocycles. The lowest BCUT2D eigenvalue weighted by molar-refractivity contribution is -0.451. The molecule has 8 bridgehead atoms. The van der Waals surface area contributed by atoms with Gasteiger partial charge in [0.05, 0.1) is 0 Å². The van der Waals surface area contributed by atoms with Crippen molar-refractivity contribution in [1.82, 2.24) is 0 Å². The molecule has 8 aliphatic rings. The minimum atomic E-state index is -7.68. The molecule has 0 aromatic carbocycles. The molecule has 0 saturated heterocycles. The third kappa shape index (κ3) is 4.48. The molecule has 0 unspecified atom stereocenters. The maximum atomic E-state index is 15.1. The van der Waals surface area contributed by atoms with Crippen molar-refractivity contribution in [3.8, 4) is 0 Å². The molecule has 0 N–H and O–H groups in total. The predicted octanol–water partition coefficient (Wildman–Crippen LogP) is 9.11. The highest BCUT2D eigenvalue weighted by molar-refractivity contribution is 5.92. The largest absolute Gasteiger partial charge is 0.458 e. The summed E-state index contributed by atoms with van der Waals surface area (Å²) in [6, 6.07) is 0. The molecule has 0 atom stereocenters. The lowest BCUT2D eigenvalue weighted by Crippen LogP contribution is -2.78. The zero-order valence-electron chi connectivity index (χ0n) is 25.6. The van der Waals surface area contributed by atoms with E-state index in [1.54, 1.807) is 0 Å². The second kappa shape index (κ2) is 10.3. The fraction of sp³-hybridized carbons (Fsp3) is 0.935. The lowest BCUT2D eigenvalue weighted by Gasteiger charge is -2.61. The molecule has 0 aromatic rings. The van der Waals surface area contributed by atoms with Crippen LogP contribution in [-0.2, 0) is 19.1 Å². The van der Waals surface area contributed by atoms with Gasteiger partial charge in [-0.1, -0.05) is 6.92 Å². The number of esters is 2. The van der Waals surface area contributed by atoms with Crippen molar-refractivity contribution in [2.24, 2.45) is 58.2 Å². The molecule has 8 aliphatic carbocycles. The van der Waals surface area contributed by atoms with Crippen LogP contribution in [0.5, 0.6) is 0 Å². The van der Waals surface area contributed by atoms with E-state index in [0.29, 0.717) is 12.8 Å². The maximum Gasteiger partial charge on any atom is 0.415 e. The SMILES string of the molecule is CCC1(OC(=O)C(C(F)(F)F)(C(F)(F)F)C(C(=O)OC2(C)C3CC4CC(C3)CC2C4)(C(F)(F)F)C(F)(F)F)C2CC3CC(C2)CC1C3. The van der Waals surface area contributed by atoms with Crippen molar-refractivity contribution >= 4 is 11.9 Å². The first-order valence-electron chi connectivity index (χ1n) is 16.1. The molecule has 8 fully saturated rings. The summed E-state index contributed by atoms with van der Waals surface area (Å²) in [7, 11) is 0. The van der Waals surface area contributed by atoms with Crippen molar-refractivity contribution in [3.05, 3.63) is 0 Å². The normalized spacial score (nSPS) is 40.1. The van der Waals surface area contributed by atoms with E-state index in [-0.39, 0.29) is 75.0 Å². The monoisotopic (exact) mass is 700 g/mol. The lowest BCUT2D eigenvalue weighted by atomic mass is 9.49. The van der Waals surface area contributed by atoms with Crippen LogP contribution in [0, 0.1) is 58.2 Å². The fourth-order valence-corrected chi connectivity index (χ4v) is 11.6. The van der Waals surface area contributed by atoms with Gasteiger partial charge in [-0.25, -0.2) is 0 Å². The van der Waals surface area contributed by atoms with Crippen LogP contribution in [0.2, 0.25) is 0 Å². The van der Waals surface area contributed by atoms with E-state index >= 15 is 52.7 Å². The Hall–Kier alpha value is -1.90. The van der Waals surface area contributed by atoms with Gasteiger partial charge >= 0.3 is 36.6 Å². The van der Waals surface area contributed by atoms with Crippen molar-refractivity contribution in [3.63, 3.8) is 0 Å². The summed E-state index contributed by atoms with van der Waals surface area (Å²) in [6.45, 7) is 2.22. The minimum Gasteiger partial charge on any atom is -0.458 e. The van der Waals surface area contributed by atoms with E-state index < -0.39 is 88.8 Å². The van der Waals surface area contributed by atoms with Crippen LogP contribution in [0.3, 0.4) is 0 Å². The van der Waals surface area contributed by atoms with Crippen LogP contribution in [-0.4, -0.2) is 47.8 Å². The topological polar surface area (TPSA) is 52.6 Å². The first-order valence-corrected chi connectivity index (χ1v) is 16.1. The maximum absolute atomic E-state index is 15.1. The van der Waals surface area contributed by atoms with Gasteiger partial charge in [-0.15, -0.1) is 0 Å². The third-order valence-corrected chi connectivity index (χ3v) is 13.3. The average molecular weight is 701 g/mol. The van der Waals surface area contributed by atoms with Gasteiger partial charge in [0.25, 0.3) is 10.8 Å². The van der Waals surface area contributed by atoms with E-state index in [1.807, 2.05) is 0 Å². The second-order valence-electron chi connectivity index (χ2n) is 15.4. The highest BCUT2D eigenvalue weighted by atomic mass is 19.4. The van der Waals surface area contributed by atoms with Crippen LogP contribution in [0.15, 0.2) is 0 Å². The Kier molecular flexibility index (Phi) is 7.67. The van der Waals surface area contributed by atoms with Gasteiger partial charge in [0, 0.05) is 0 Å². The molecule has 8 saturated carbocycles. The van der Waals surface area contributed by atoms with Crippen molar-refractivity contribution < 1.29 is 71.7 Å². The molecule has 4 nitrogen and oxygen atoms in total. The summed E-state index contributed by atoms with van der Waals surface area (Å²) in [6.07, 6.45) is -28.4. The first kappa shape index (κ1) is 34.9. The summed E-state index contributed by atoms with van der Waals surface area (Å²) >= 11 is 0. The molecular weight excluding hydrogens is 664 g/mol. The highest BCUT2D eigenvalue weighted by Gasteiger charge is 3.00. The molecule has 8 rings (SSSR count). The Morgan fingerprint density at radius 1 is 0.511 bits per heavy atom. The zero-order chi connectivity index (χ0) is 35.0. The minimum absolute atomic E-state index is 0.0213. The van der Waals surface area contributed by atoms with E-state index in [1.165, 1.54) is 6.92 Å². The molecular formula is C31H36F12O4. The Morgan fingerprint density at radius 3 is 1.06 bits per heavy atom. The van der Waals surface area contributed by atoms with Crippen LogP contribution in [0.4, 0.5) is 52.7 Å². The summed E-state index contributed by atoms with van der Waals surface area (Å²) in [5.41, 5.74) is -19.3. The number of hydrogen-bond acceptors (Lipinski definition) is 4. The standard InChI is InChI=1S/C31H36F12O4/c1-3-25(20-10-16-5-17(12-20)13-21(25)11-16)47-23(45)27(30(38,39)40,31(41,42)43)26(28(32,33)34,29(35,36)37)22(44)46-24(2)18-6-14-4-15(8-18)9-19(24)7-14/h14-21H,3-13H2,1-2H3. The van der Waals surface area contributed by atoms with Gasteiger partial charge in [-0.3, -0.25) is 9.59 Å². The molecule has 0 aliphatic heterocycles. The molecule has 47 heavy (non-hydrogen) atoms. The fourth-order valence-electron chi connectivity index (χ4n) is 11.6. The van der Waals surface area contributed by atoms with E-state index in [4.69, 9.17) is 9.47 Å². The van der Waals surface area contributed by atoms with Gasteiger partial charge in [0.1, 0.15) is 11.2 Å². The average Bonchev–Trinajstić information content (AvgIpc) is 2.88. The molecule has 268 valence electrons. The third-order valence-electron chi connectivity index (χ3n) is 13.3. The summed E-state index contributed by atoms with van der Waals surface area (Å²) in [4.78, 5) is 27.3. The van der Waals surface area contributed by atoms with Gasteiger partial charge in [0.15, 0.2) is 0 Å². The number of halogens is 12. The van der Waals surface area contributed by atoms with Crippen molar-refractivity contribution in [2.75, 3.05) is 0 Å². The Bertz CT molecular complexity index is 1190. The zero-order valence-corrected chi connectivity index (χ0v) is 25.6. The molecule has 0 amide bonds. The molecule has 0 heterocycles.